The molecule has 3 aromatic rings. The molecule has 1 aliphatic heterocycles. The van der Waals surface area contributed by atoms with Gasteiger partial charge in [0.15, 0.2) is 17.2 Å². The summed E-state index contributed by atoms with van der Waals surface area (Å²) in [7, 11) is 0.599. The number of fused-ring (bicyclic) bond motifs is 2. The molecular weight excluding hydrogens is 432 g/mol. The molecule has 9 heteroatoms. The molecule has 0 unspecified atom stereocenters. The molecule has 0 saturated carbocycles. The fourth-order valence-corrected chi connectivity index (χ4v) is 4.50. The topological polar surface area (TPSA) is 94.2 Å². The Hall–Kier alpha value is -3.72. The molecule has 0 aromatic heterocycles. The number of carbonyl (C=O) groups is 1. The molecule has 1 heterocycles. The van der Waals surface area contributed by atoms with E-state index >= 15 is 0 Å². The van der Waals surface area contributed by atoms with Crippen molar-refractivity contribution in [3.63, 3.8) is 0 Å². The number of aryl methyl sites for hydroxylation is 1. The molecule has 8 nitrogen and oxygen atoms in total. The first-order valence-electron chi connectivity index (χ1n) is 9.69. The monoisotopic (exact) mass is 454 g/mol. The summed E-state index contributed by atoms with van der Waals surface area (Å²) in [6.45, 7) is 1.93. The summed E-state index contributed by atoms with van der Waals surface area (Å²) < 4.78 is 44.7. The number of nitrogens with zero attached hydrogens (tertiary/aromatic N) is 1. The van der Waals surface area contributed by atoms with Gasteiger partial charge in [-0.3, -0.25) is 9.52 Å². The molecule has 0 spiro atoms. The second kappa shape index (κ2) is 8.08. The predicted octanol–water partition coefficient (Wildman–Crippen LogP) is 4.20. The van der Waals surface area contributed by atoms with Crippen LogP contribution >= 0.6 is 0 Å². The molecule has 0 bridgehead atoms. The summed E-state index contributed by atoms with van der Waals surface area (Å²) >= 11 is 0. The van der Waals surface area contributed by atoms with Crippen molar-refractivity contribution in [2.45, 2.75) is 11.8 Å². The highest BCUT2D eigenvalue weighted by atomic mass is 32.2. The number of ether oxygens (including phenoxy) is 3. The summed E-state index contributed by atoms with van der Waals surface area (Å²) in [5.74, 6) is 1.28. The molecule has 0 aliphatic carbocycles. The van der Waals surface area contributed by atoms with Crippen molar-refractivity contribution in [1.82, 2.24) is 0 Å². The second-order valence-electron chi connectivity index (χ2n) is 7.27. The summed E-state index contributed by atoms with van der Waals surface area (Å²) in [5, 5.41) is 0. The zero-order chi connectivity index (χ0) is 23.0. The largest absolute Gasteiger partial charge is 0.493 e. The molecule has 0 radical (unpaired) electrons. The molecule has 0 fully saturated rings. The third-order valence-electron chi connectivity index (χ3n) is 5.13. The smallest absolute Gasteiger partial charge is 0.262 e. The van der Waals surface area contributed by atoms with Crippen LogP contribution in [0.4, 0.5) is 11.4 Å². The van der Waals surface area contributed by atoms with E-state index in [0.717, 1.165) is 5.56 Å². The van der Waals surface area contributed by atoms with E-state index in [1.807, 2.05) is 19.1 Å². The van der Waals surface area contributed by atoms with Gasteiger partial charge in [0.25, 0.3) is 15.9 Å². The lowest BCUT2D eigenvalue weighted by Crippen LogP contribution is -2.25. The molecule has 1 amide bonds. The normalized spacial score (nSPS) is 12.9. The number of benzene rings is 3. The van der Waals surface area contributed by atoms with Crippen LogP contribution in [0.2, 0.25) is 0 Å². The van der Waals surface area contributed by atoms with Crippen molar-refractivity contribution >= 4 is 27.3 Å². The average molecular weight is 455 g/mol. The van der Waals surface area contributed by atoms with Gasteiger partial charge in [-0.25, -0.2) is 8.42 Å². The Morgan fingerprint density at radius 2 is 1.62 bits per heavy atom. The molecule has 1 N–H and O–H groups in total. The highest BCUT2D eigenvalue weighted by Crippen LogP contribution is 2.40. The lowest BCUT2D eigenvalue weighted by atomic mass is 10.1. The maximum atomic E-state index is 13.1. The number of sulfonamides is 1. The Kier molecular flexibility index (Phi) is 5.43. The van der Waals surface area contributed by atoms with E-state index in [0.29, 0.717) is 22.9 Å². The third-order valence-corrected chi connectivity index (χ3v) is 6.51. The van der Waals surface area contributed by atoms with E-state index < -0.39 is 10.0 Å². The zero-order valence-corrected chi connectivity index (χ0v) is 18.8. The van der Waals surface area contributed by atoms with Gasteiger partial charge in [-0.05, 0) is 55.0 Å². The fourth-order valence-electron chi connectivity index (χ4n) is 3.43. The van der Waals surface area contributed by atoms with Gasteiger partial charge in [-0.1, -0.05) is 6.07 Å². The number of hydrogen-bond donors (Lipinski definition) is 1. The van der Waals surface area contributed by atoms with E-state index in [1.165, 1.54) is 43.4 Å². The molecule has 4 rings (SSSR count). The number of methoxy groups -OCH3 is 2. The quantitative estimate of drug-likeness (QED) is 0.621. The van der Waals surface area contributed by atoms with Crippen molar-refractivity contribution in [2.24, 2.45) is 0 Å². The number of hydrogen-bond acceptors (Lipinski definition) is 6. The van der Waals surface area contributed by atoms with Crippen molar-refractivity contribution in [1.29, 1.82) is 0 Å². The van der Waals surface area contributed by atoms with Gasteiger partial charge in [-0.2, -0.15) is 0 Å². The fraction of sp³-hybridized carbons (Fsp3) is 0.174. The van der Waals surface area contributed by atoms with Gasteiger partial charge in [0, 0.05) is 18.8 Å². The lowest BCUT2D eigenvalue weighted by Gasteiger charge is -2.17. The minimum absolute atomic E-state index is 0.00679. The Bertz CT molecular complexity index is 1320. The number of anilines is 2. The van der Waals surface area contributed by atoms with Gasteiger partial charge in [0.05, 0.1) is 30.4 Å². The van der Waals surface area contributed by atoms with Crippen LogP contribution in [0, 0.1) is 6.92 Å². The maximum Gasteiger partial charge on any atom is 0.262 e. The minimum Gasteiger partial charge on any atom is -0.493 e. The molecule has 166 valence electrons. The highest BCUT2D eigenvalue weighted by Gasteiger charge is 2.27. The Labute approximate surface area is 186 Å². The Morgan fingerprint density at radius 3 is 2.34 bits per heavy atom. The number of rotatable bonds is 5. The number of amides is 1. The van der Waals surface area contributed by atoms with Crippen LogP contribution < -0.4 is 23.8 Å². The van der Waals surface area contributed by atoms with E-state index in [1.54, 1.807) is 25.2 Å². The van der Waals surface area contributed by atoms with Crippen LogP contribution in [-0.4, -0.2) is 35.6 Å². The summed E-state index contributed by atoms with van der Waals surface area (Å²) in [4.78, 5) is 14.6. The van der Waals surface area contributed by atoms with Crippen LogP contribution in [0.15, 0.2) is 59.5 Å². The van der Waals surface area contributed by atoms with Gasteiger partial charge in [-0.15, -0.1) is 0 Å². The first kappa shape index (κ1) is 21.5. The molecule has 1 aliphatic rings. The van der Waals surface area contributed by atoms with Crippen molar-refractivity contribution in [3.05, 3.63) is 65.7 Å². The molecule has 32 heavy (non-hydrogen) atoms. The van der Waals surface area contributed by atoms with Gasteiger partial charge in [0.1, 0.15) is 5.75 Å². The van der Waals surface area contributed by atoms with Crippen molar-refractivity contribution in [2.75, 3.05) is 30.9 Å². The Balaban J connectivity index is 1.68. The van der Waals surface area contributed by atoms with Gasteiger partial charge in [0.2, 0.25) is 0 Å². The number of nitrogens with one attached hydrogen (secondary N) is 1. The van der Waals surface area contributed by atoms with Gasteiger partial charge >= 0.3 is 0 Å². The summed E-state index contributed by atoms with van der Waals surface area (Å²) in [5.41, 5.74) is 2.10. The highest BCUT2D eigenvalue weighted by molar-refractivity contribution is 7.92. The van der Waals surface area contributed by atoms with E-state index in [4.69, 9.17) is 14.2 Å². The molecule has 0 saturated heterocycles. The third kappa shape index (κ3) is 3.82. The second-order valence-corrected chi connectivity index (χ2v) is 8.95. The van der Waals surface area contributed by atoms with Crippen molar-refractivity contribution in [3.8, 4) is 23.0 Å². The first-order valence-corrected chi connectivity index (χ1v) is 11.2. The standard InChI is InChI=1S/C23H22N2O6S/c1-14-5-8-20-18(11-14)25(2)23(26)17-12-15(6-9-19(17)31-20)24-32(27,28)16-7-10-21(29-3)22(13-16)30-4/h5-13,24H,1-4H3. The van der Waals surface area contributed by atoms with Crippen LogP contribution in [-0.2, 0) is 10.0 Å². The van der Waals surface area contributed by atoms with E-state index in [2.05, 4.69) is 4.72 Å². The first-order chi connectivity index (χ1) is 15.2. The zero-order valence-electron chi connectivity index (χ0n) is 18.0. The Morgan fingerprint density at radius 1 is 0.906 bits per heavy atom. The van der Waals surface area contributed by atoms with Crippen molar-refractivity contribution < 1.29 is 27.4 Å². The van der Waals surface area contributed by atoms with Crippen LogP contribution in [0.3, 0.4) is 0 Å². The number of carbonyl (C=O) groups excluding carboxylic acids is 1. The van der Waals surface area contributed by atoms with E-state index in [9.17, 15) is 13.2 Å². The average Bonchev–Trinajstić information content (AvgIpc) is 2.88. The van der Waals surface area contributed by atoms with Crippen LogP contribution in [0.1, 0.15) is 15.9 Å². The van der Waals surface area contributed by atoms with Gasteiger partial charge < -0.3 is 19.1 Å². The molecule has 0 atom stereocenters. The maximum absolute atomic E-state index is 13.1. The minimum atomic E-state index is -3.95. The van der Waals surface area contributed by atoms with Crippen LogP contribution in [0.25, 0.3) is 0 Å². The van der Waals surface area contributed by atoms with Crippen LogP contribution in [0.5, 0.6) is 23.0 Å². The molecular formula is C23H22N2O6S. The van der Waals surface area contributed by atoms with E-state index in [-0.39, 0.29) is 27.8 Å². The molecule has 3 aromatic carbocycles. The summed E-state index contributed by atoms with van der Waals surface area (Å²) in [6, 6.07) is 14.4. The summed E-state index contributed by atoms with van der Waals surface area (Å²) in [6.07, 6.45) is 0. The lowest BCUT2D eigenvalue weighted by molar-refractivity contribution is 0.0993. The SMILES string of the molecule is COc1ccc(S(=O)(=O)Nc2ccc3c(c2)C(=O)N(C)c2cc(C)ccc2O3)cc1OC. The predicted molar refractivity (Wildman–Crippen MR) is 121 cm³/mol.